The minimum Gasteiger partial charge on any atom is -0.384 e. The SMILES string of the molecule is CC[Si](Br)(OC(C)C)OC(C)C. The van der Waals surface area contributed by atoms with Crippen molar-refractivity contribution in [1.29, 1.82) is 0 Å². The van der Waals surface area contributed by atoms with Crippen molar-refractivity contribution in [1.82, 2.24) is 0 Å². The first kappa shape index (κ1) is 12.6. The number of hydrogen-bond donors (Lipinski definition) is 0. The molecule has 74 valence electrons. The Morgan fingerprint density at radius 1 is 1.08 bits per heavy atom. The zero-order valence-electron chi connectivity index (χ0n) is 8.56. The van der Waals surface area contributed by atoms with Crippen LogP contribution >= 0.6 is 15.3 Å². The van der Waals surface area contributed by atoms with Crippen molar-refractivity contribution < 1.29 is 8.85 Å². The Bertz CT molecular complexity index is 118. The van der Waals surface area contributed by atoms with Gasteiger partial charge in [0.1, 0.15) is 0 Å². The first-order valence-corrected chi connectivity index (χ1v) is 8.72. The van der Waals surface area contributed by atoms with E-state index in [4.69, 9.17) is 8.85 Å². The van der Waals surface area contributed by atoms with Gasteiger partial charge in [0.15, 0.2) is 0 Å². The molecule has 0 saturated heterocycles. The summed E-state index contributed by atoms with van der Waals surface area (Å²) in [6.07, 6.45) is 0.462. The molecule has 0 unspecified atom stereocenters. The number of rotatable bonds is 5. The van der Waals surface area contributed by atoms with Crippen LogP contribution in [0.4, 0.5) is 0 Å². The van der Waals surface area contributed by atoms with Gasteiger partial charge in [0.2, 0.25) is 0 Å². The molecule has 2 nitrogen and oxygen atoms in total. The molecule has 0 aromatic heterocycles. The predicted molar refractivity (Wildman–Crippen MR) is 57.6 cm³/mol. The topological polar surface area (TPSA) is 18.5 Å². The maximum Gasteiger partial charge on any atom is 0.414 e. The predicted octanol–water partition coefficient (Wildman–Crippen LogP) is 3.19. The summed E-state index contributed by atoms with van der Waals surface area (Å²) in [6, 6.07) is 0.934. The normalized spacial score (nSPS) is 13.0. The number of halogens is 1. The van der Waals surface area contributed by atoms with Crippen molar-refractivity contribution in [3.8, 4) is 0 Å². The minimum atomic E-state index is -2.04. The average Bonchev–Trinajstić information content (AvgIpc) is 1.83. The molecule has 0 saturated carbocycles. The first-order valence-electron chi connectivity index (χ1n) is 4.44. The summed E-state index contributed by atoms with van der Waals surface area (Å²) < 4.78 is 11.5. The van der Waals surface area contributed by atoms with Crippen LogP contribution in [-0.2, 0) is 8.85 Å². The lowest BCUT2D eigenvalue weighted by molar-refractivity contribution is 0.125. The van der Waals surface area contributed by atoms with Gasteiger partial charge in [-0.15, -0.1) is 0 Å². The molecule has 0 N–H and O–H groups in total. The first-order chi connectivity index (χ1) is 5.39. The third kappa shape index (κ3) is 5.30. The van der Waals surface area contributed by atoms with Crippen LogP contribution in [0.25, 0.3) is 0 Å². The molecule has 0 fully saturated rings. The standard InChI is InChI=1S/C8H19BrO2Si/c1-6-12(9,10-7(2)3)11-8(4)5/h7-8H,6H2,1-5H3. The highest BCUT2D eigenvalue weighted by molar-refractivity contribution is 9.25. The molecule has 0 spiro atoms. The van der Waals surface area contributed by atoms with E-state index >= 15 is 0 Å². The van der Waals surface area contributed by atoms with E-state index in [0.717, 1.165) is 6.04 Å². The lowest BCUT2D eigenvalue weighted by Crippen LogP contribution is -2.39. The monoisotopic (exact) mass is 254 g/mol. The summed E-state index contributed by atoms with van der Waals surface area (Å²) >= 11 is 3.58. The zero-order valence-corrected chi connectivity index (χ0v) is 11.1. The zero-order chi connectivity index (χ0) is 9.78. The van der Waals surface area contributed by atoms with Crippen LogP contribution in [0.2, 0.25) is 6.04 Å². The van der Waals surface area contributed by atoms with E-state index in [1.54, 1.807) is 0 Å². The van der Waals surface area contributed by atoms with Crippen molar-refractivity contribution >= 4 is 22.5 Å². The van der Waals surface area contributed by atoms with Gasteiger partial charge in [0.25, 0.3) is 0 Å². The Morgan fingerprint density at radius 2 is 1.42 bits per heavy atom. The highest BCUT2D eigenvalue weighted by Crippen LogP contribution is 2.24. The fourth-order valence-electron chi connectivity index (χ4n) is 0.898. The van der Waals surface area contributed by atoms with Crippen molar-refractivity contribution in [2.24, 2.45) is 0 Å². The molecule has 0 heterocycles. The van der Waals surface area contributed by atoms with E-state index in [-0.39, 0.29) is 12.2 Å². The molecule has 0 rings (SSSR count). The molecule has 0 aliphatic carbocycles. The Kier molecular flexibility index (Phi) is 5.65. The van der Waals surface area contributed by atoms with Gasteiger partial charge in [-0.1, -0.05) is 22.2 Å². The molecule has 0 radical (unpaired) electrons. The summed E-state index contributed by atoms with van der Waals surface area (Å²) in [5.41, 5.74) is 0. The molecule has 0 aliphatic rings. The Hall–Kier alpha value is 0.617. The van der Waals surface area contributed by atoms with E-state index in [9.17, 15) is 0 Å². The van der Waals surface area contributed by atoms with Crippen LogP contribution in [0.5, 0.6) is 0 Å². The molecule has 0 aromatic rings. The van der Waals surface area contributed by atoms with Crippen LogP contribution < -0.4 is 0 Å². The van der Waals surface area contributed by atoms with Gasteiger partial charge >= 0.3 is 7.18 Å². The minimum absolute atomic E-state index is 0.231. The van der Waals surface area contributed by atoms with Gasteiger partial charge in [0, 0.05) is 12.2 Å². The third-order valence-corrected chi connectivity index (χ3v) is 6.54. The molecule has 4 heteroatoms. The van der Waals surface area contributed by atoms with Crippen molar-refractivity contribution in [2.45, 2.75) is 52.9 Å². The molecule has 0 aliphatic heterocycles. The molecule has 0 atom stereocenters. The molecule has 0 bridgehead atoms. The second kappa shape index (κ2) is 5.37. The van der Waals surface area contributed by atoms with Gasteiger partial charge in [-0.2, -0.15) is 0 Å². The van der Waals surface area contributed by atoms with Gasteiger partial charge < -0.3 is 8.85 Å². The summed E-state index contributed by atoms with van der Waals surface area (Å²) in [7, 11) is -2.04. The number of hydrogen-bond acceptors (Lipinski definition) is 2. The van der Waals surface area contributed by atoms with E-state index < -0.39 is 7.18 Å². The summed E-state index contributed by atoms with van der Waals surface area (Å²) in [5.74, 6) is 0. The quantitative estimate of drug-likeness (QED) is 0.555. The summed E-state index contributed by atoms with van der Waals surface area (Å²) in [4.78, 5) is 0. The molecule has 0 aromatic carbocycles. The van der Waals surface area contributed by atoms with Gasteiger partial charge in [-0.05, 0) is 33.7 Å². The largest absolute Gasteiger partial charge is 0.414 e. The van der Waals surface area contributed by atoms with E-state index in [1.807, 2.05) is 27.7 Å². The van der Waals surface area contributed by atoms with Crippen LogP contribution in [0, 0.1) is 0 Å². The second-order valence-corrected chi connectivity index (χ2v) is 9.47. The van der Waals surface area contributed by atoms with E-state index in [2.05, 4.69) is 22.2 Å². The molecular formula is C8H19BrO2Si. The van der Waals surface area contributed by atoms with Crippen molar-refractivity contribution in [3.63, 3.8) is 0 Å². The second-order valence-electron chi connectivity index (χ2n) is 3.35. The average molecular weight is 255 g/mol. The van der Waals surface area contributed by atoms with Crippen LogP contribution in [0.3, 0.4) is 0 Å². The van der Waals surface area contributed by atoms with Gasteiger partial charge in [-0.25, -0.2) is 0 Å². The Balaban J connectivity index is 4.04. The van der Waals surface area contributed by atoms with Crippen molar-refractivity contribution in [2.75, 3.05) is 0 Å². The fourth-order valence-corrected chi connectivity index (χ4v) is 4.94. The summed E-state index contributed by atoms with van der Waals surface area (Å²) in [6.45, 7) is 10.2. The van der Waals surface area contributed by atoms with Crippen LogP contribution in [0.15, 0.2) is 0 Å². The molecule has 12 heavy (non-hydrogen) atoms. The Morgan fingerprint density at radius 3 is 1.58 bits per heavy atom. The highest BCUT2D eigenvalue weighted by atomic mass is 79.9. The third-order valence-electron chi connectivity index (χ3n) is 1.25. The smallest absolute Gasteiger partial charge is 0.384 e. The fraction of sp³-hybridized carbons (Fsp3) is 1.00. The maximum absolute atomic E-state index is 5.73. The highest BCUT2D eigenvalue weighted by Gasteiger charge is 2.34. The van der Waals surface area contributed by atoms with Crippen LogP contribution in [-0.4, -0.2) is 19.4 Å². The Labute approximate surface area is 84.5 Å². The van der Waals surface area contributed by atoms with Gasteiger partial charge in [0.05, 0.1) is 0 Å². The lowest BCUT2D eigenvalue weighted by atomic mass is 10.5. The molecular weight excluding hydrogens is 236 g/mol. The molecule has 0 amide bonds. The summed E-state index contributed by atoms with van der Waals surface area (Å²) in [5, 5.41) is 0. The van der Waals surface area contributed by atoms with E-state index in [0.29, 0.717) is 0 Å². The van der Waals surface area contributed by atoms with Crippen molar-refractivity contribution in [3.05, 3.63) is 0 Å². The lowest BCUT2D eigenvalue weighted by Gasteiger charge is -2.27. The van der Waals surface area contributed by atoms with E-state index in [1.165, 1.54) is 0 Å². The van der Waals surface area contributed by atoms with Crippen LogP contribution in [0.1, 0.15) is 34.6 Å². The van der Waals surface area contributed by atoms with Gasteiger partial charge in [-0.3, -0.25) is 0 Å². The maximum atomic E-state index is 5.73.